The quantitative estimate of drug-likeness (QED) is 0.646. The molecule has 0 spiro atoms. The van der Waals surface area contributed by atoms with Crippen LogP contribution in [0.15, 0.2) is 42.5 Å². The molecule has 4 rings (SSSR count). The molecule has 0 bridgehead atoms. The molecule has 4 heteroatoms. The Bertz CT molecular complexity index is 947. The van der Waals surface area contributed by atoms with Gasteiger partial charge in [0.15, 0.2) is 0 Å². The van der Waals surface area contributed by atoms with Gasteiger partial charge in [-0.05, 0) is 66.5 Å². The van der Waals surface area contributed by atoms with Gasteiger partial charge in [0.05, 0.1) is 5.69 Å². The Balaban J connectivity index is 1.98. The molecule has 1 heterocycles. The maximum atomic E-state index is 13.4. The Morgan fingerprint density at radius 3 is 2.42 bits per heavy atom. The van der Waals surface area contributed by atoms with Crippen LogP contribution in [0.3, 0.4) is 0 Å². The number of phenolic OH excluding ortho intramolecular Hbond substituents is 1. The molecule has 0 amide bonds. The van der Waals surface area contributed by atoms with Gasteiger partial charge in [0, 0.05) is 10.9 Å². The number of ether oxygens (including phenoxy) is 1. The van der Waals surface area contributed by atoms with Gasteiger partial charge in [-0.3, -0.25) is 0 Å². The number of fused-ring (bicyclic) bond motifs is 1. The molecule has 1 aliphatic rings. The first kappa shape index (κ1) is 16.8. The highest BCUT2D eigenvalue weighted by molar-refractivity contribution is 6.01. The molecule has 0 radical (unpaired) electrons. The molecule has 0 aliphatic heterocycles. The zero-order valence-electron chi connectivity index (χ0n) is 15.0. The molecule has 1 saturated carbocycles. The molecular formula is C22H22FNO2. The van der Waals surface area contributed by atoms with E-state index in [-0.39, 0.29) is 23.6 Å². The van der Waals surface area contributed by atoms with Crippen LogP contribution in [0.2, 0.25) is 0 Å². The first-order valence-corrected chi connectivity index (χ1v) is 9.12. The van der Waals surface area contributed by atoms with Gasteiger partial charge in [0.25, 0.3) is 0 Å². The van der Waals surface area contributed by atoms with Gasteiger partial charge >= 0.3 is 0 Å². The number of aromatic nitrogens is 1. The summed E-state index contributed by atoms with van der Waals surface area (Å²) in [6.45, 7) is 4.18. The van der Waals surface area contributed by atoms with Gasteiger partial charge in [-0.1, -0.05) is 26.0 Å². The molecule has 3 nitrogen and oxygen atoms in total. The number of pyridine rings is 1. The lowest BCUT2D eigenvalue weighted by molar-refractivity contribution is 0.116. The highest BCUT2D eigenvalue weighted by Crippen LogP contribution is 2.41. The lowest BCUT2D eigenvalue weighted by Crippen LogP contribution is -2.25. The second-order valence-electron chi connectivity index (χ2n) is 7.24. The third-order valence-electron chi connectivity index (χ3n) is 4.99. The fourth-order valence-electron chi connectivity index (χ4n) is 3.36. The predicted octanol–water partition coefficient (Wildman–Crippen LogP) is 5.80. The van der Waals surface area contributed by atoms with Crippen molar-refractivity contribution in [3.8, 4) is 22.8 Å². The number of phenols is 1. The lowest BCUT2D eigenvalue weighted by Gasteiger charge is -2.27. The van der Waals surface area contributed by atoms with E-state index >= 15 is 0 Å². The molecule has 26 heavy (non-hydrogen) atoms. The van der Waals surface area contributed by atoms with Crippen LogP contribution in [0.4, 0.5) is 4.39 Å². The third kappa shape index (κ3) is 3.00. The number of hydrogen-bond acceptors (Lipinski definition) is 3. The minimum atomic E-state index is -0.264. The second-order valence-corrected chi connectivity index (χ2v) is 7.24. The van der Waals surface area contributed by atoms with Gasteiger partial charge in [0.1, 0.15) is 17.7 Å². The summed E-state index contributed by atoms with van der Waals surface area (Å²) in [5, 5.41) is 11.8. The monoisotopic (exact) mass is 351 g/mol. The first-order chi connectivity index (χ1) is 12.5. The Labute approximate surface area is 152 Å². The fourth-order valence-corrected chi connectivity index (χ4v) is 3.36. The Kier molecular flexibility index (Phi) is 4.27. The van der Waals surface area contributed by atoms with E-state index in [2.05, 4.69) is 13.8 Å². The Morgan fingerprint density at radius 2 is 1.81 bits per heavy atom. The van der Waals surface area contributed by atoms with E-state index in [4.69, 9.17) is 9.72 Å². The molecule has 1 N–H and O–H groups in total. The van der Waals surface area contributed by atoms with Crippen LogP contribution >= 0.6 is 0 Å². The summed E-state index contributed by atoms with van der Waals surface area (Å²) in [6, 6.07) is 11.7. The summed E-state index contributed by atoms with van der Waals surface area (Å²) < 4.78 is 19.5. The van der Waals surface area contributed by atoms with Crippen molar-refractivity contribution in [1.29, 1.82) is 0 Å². The van der Waals surface area contributed by atoms with Crippen LogP contribution in [-0.4, -0.2) is 16.2 Å². The van der Waals surface area contributed by atoms with Crippen LogP contribution in [0.1, 0.15) is 44.7 Å². The minimum Gasteiger partial charge on any atom is -0.508 e. The van der Waals surface area contributed by atoms with Crippen molar-refractivity contribution >= 4 is 10.8 Å². The zero-order chi connectivity index (χ0) is 18.3. The number of rotatable bonds is 4. The normalized spacial score (nSPS) is 14.6. The number of halogens is 1. The molecule has 0 saturated heterocycles. The van der Waals surface area contributed by atoms with E-state index in [1.165, 1.54) is 18.6 Å². The molecule has 1 fully saturated rings. The van der Waals surface area contributed by atoms with Gasteiger partial charge in [-0.15, -0.1) is 0 Å². The molecule has 2 aromatic carbocycles. The van der Waals surface area contributed by atoms with Crippen molar-refractivity contribution in [2.24, 2.45) is 0 Å². The SMILES string of the molecule is CC(C)c1nc(OC2CCC2)c2cc(O)ccc2c1-c1ccc(F)cc1. The molecule has 1 aliphatic carbocycles. The van der Waals surface area contributed by atoms with Crippen molar-refractivity contribution in [2.75, 3.05) is 0 Å². The molecule has 134 valence electrons. The molecular weight excluding hydrogens is 329 g/mol. The van der Waals surface area contributed by atoms with E-state index < -0.39 is 0 Å². The van der Waals surface area contributed by atoms with Crippen LogP contribution in [-0.2, 0) is 0 Å². The molecule has 3 aromatic rings. The summed E-state index contributed by atoms with van der Waals surface area (Å²) >= 11 is 0. The van der Waals surface area contributed by atoms with Crippen molar-refractivity contribution in [2.45, 2.75) is 45.1 Å². The van der Waals surface area contributed by atoms with Crippen LogP contribution < -0.4 is 4.74 Å². The van der Waals surface area contributed by atoms with Crippen molar-refractivity contribution in [1.82, 2.24) is 4.98 Å². The number of aromatic hydroxyl groups is 1. The maximum absolute atomic E-state index is 13.4. The summed E-state index contributed by atoms with van der Waals surface area (Å²) in [6.07, 6.45) is 3.46. The third-order valence-corrected chi connectivity index (χ3v) is 4.99. The summed E-state index contributed by atoms with van der Waals surface area (Å²) in [5.74, 6) is 0.673. The zero-order valence-corrected chi connectivity index (χ0v) is 15.0. The van der Waals surface area contributed by atoms with Crippen molar-refractivity contribution in [3.05, 3.63) is 54.0 Å². The standard InChI is InChI=1S/C22H22FNO2/c1-13(2)21-20(14-6-8-15(23)9-7-14)18-11-10-16(25)12-19(18)22(24-21)26-17-4-3-5-17/h6-13,17,25H,3-5H2,1-2H3. The highest BCUT2D eigenvalue weighted by Gasteiger charge is 2.24. The summed E-state index contributed by atoms with van der Waals surface area (Å²) in [5.41, 5.74) is 2.80. The minimum absolute atomic E-state index is 0.178. The number of benzene rings is 2. The number of nitrogens with zero attached hydrogens (tertiary/aromatic N) is 1. The largest absolute Gasteiger partial charge is 0.508 e. The van der Waals surface area contributed by atoms with E-state index in [0.717, 1.165) is 40.4 Å². The topological polar surface area (TPSA) is 42.4 Å². The maximum Gasteiger partial charge on any atom is 0.222 e. The molecule has 0 unspecified atom stereocenters. The van der Waals surface area contributed by atoms with Crippen LogP contribution in [0, 0.1) is 5.82 Å². The van der Waals surface area contributed by atoms with Crippen LogP contribution in [0.25, 0.3) is 21.9 Å². The highest BCUT2D eigenvalue weighted by atomic mass is 19.1. The second kappa shape index (κ2) is 6.60. The Morgan fingerprint density at radius 1 is 1.08 bits per heavy atom. The smallest absolute Gasteiger partial charge is 0.222 e. The average Bonchev–Trinajstić information content (AvgIpc) is 2.58. The molecule has 0 atom stereocenters. The molecule has 1 aromatic heterocycles. The van der Waals surface area contributed by atoms with Gasteiger partial charge < -0.3 is 9.84 Å². The van der Waals surface area contributed by atoms with E-state index in [1.807, 2.05) is 6.07 Å². The van der Waals surface area contributed by atoms with Gasteiger partial charge in [-0.2, -0.15) is 0 Å². The van der Waals surface area contributed by atoms with Gasteiger partial charge in [-0.25, -0.2) is 9.37 Å². The summed E-state index contributed by atoms with van der Waals surface area (Å²) in [4.78, 5) is 4.84. The van der Waals surface area contributed by atoms with E-state index in [9.17, 15) is 9.50 Å². The lowest BCUT2D eigenvalue weighted by atomic mass is 9.92. The number of hydrogen-bond donors (Lipinski definition) is 1. The Hall–Kier alpha value is -2.62. The predicted molar refractivity (Wildman–Crippen MR) is 101 cm³/mol. The van der Waals surface area contributed by atoms with E-state index in [1.54, 1.807) is 24.3 Å². The van der Waals surface area contributed by atoms with E-state index in [0.29, 0.717) is 5.88 Å². The van der Waals surface area contributed by atoms with Crippen LogP contribution in [0.5, 0.6) is 11.6 Å². The van der Waals surface area contributed by atoms with Gasteiger partial charge in [0.2, 0.25) is 5.88 Å². The summed E-state index contributed by atoms with van der Waals surface area (Å²) in [7, 11) is 0. The fraction of sp³-hybridized carbons (Fsp3) is 0.318. The van der Waals surface area contributed by atoms with Crippen molar-refractivity contribution < 1.29 is 14.2 Å². The average molecular weight is 351 g/mol. The van der Waals surface area contributed by atoms with Crippen molar-refractivity contribution in [3.63, 3.8) is 0 Å². The first-order valence-electron chi connectivity index (χ1n) is 9.12.